The van der Waals surface area contributed by atoms with E-state index in [0.717, 1.165) is 12.8 Å². The Morgan fingerprint density at radius 2 is 2.21 bits per heavy atom. The van der Waals surface area contributed by atoms with E-state index in [2.05, 4.69) is 30.3 Å². The summed E-state index contributed by atoms with van der Waals surface area (Å²) in [4.78, 5) is 3.64. The zero-order valence-corrected chi connectivity index (χ0v) is 9.77. The van der Waals surface area contributed by atoms with Crippen LogP contribution in [0, 0.1) is 6.92 Å². The van der Waals surface area contributed by atoms with E-state index in [4.69, 9.17) is 5.73 Å². The summed E-state index contributed by atoms with van der Waals surface area (Å²) in [6, 6.07) is 0.766. The van der Waals surface area contributed by atoms with Gasteiger partial charge in [0.25, 0.3) is 0 Å². The van der Waals surface area contributed by atoms with Crippen LogP contribution in [-0.4, -0.2) is 29.4 Å². The molecule has 0 aromatic carbocycles. The topological polar surface area (TPSA) is 42.2 Å². The molecule has 1 aliphatic rings. The molecule has 1 aromatic heterocycles. The van der Waals surface area contributed by atoms with E-state index >= 15 is 0 Å². The molecule has 1 aromatic rings. The molecular weight excluding hydrogens is 194 g/mol. The summed E-state index contributed by atoms with van der Waals surface area (Å²) in [5, 5.41) is 0. The zero-order valence-electron chi connectivity index (χ0n) is 8.95. The normalized spacial score (nSPS) is 26.6. The number of hydrogen-bond acceptors (Lipinski definition) is 4. The van der Waals surface area contributed by atoms with Crippen molar-refractivity contribution in [1.29, 1.82) is 0 Å². The number of fused-ring (bicyclic) bond motifs is 1. The van der Waals surface area contributed by atoms with E-state index < -0.39 is 0 Å². The summed E-state index contributed by atoms with van der Waals surface area (Å²) in [5.74, 6) is 0. The molecule has 0 fully saturated rings. The van der Waals surface area contributed by atoms with Crippen LogP contribution < -0.4 is 5.73 Å². The lowest BCUT2D eigenvalue weighted by molar-refractivity contribution is 0.256. The van der Waals surface area contributed by atoms with Crippen molar-refractivity contribution in [2.75, 3.05) is 14.1 Å². The molecule has 3 nitrogen and oxygen atoms in total. The molecule has 0 amide bonds. The summed E-state index contributed by atoms with van der Waals surface area (Å²) in [6.45, 7) is 2.10. The lowest BCUT2D eigenvalue weighted by Crippen LogP contribution is -2.35. The second kappa shape index (κ2) is 3.61. The van der Waals surface area contributed by atoms with Gasteiger partial charge in [-0.2, -0.15) is 4.37 Å². The van der Waals surface area contributed by atoms with Crippen LogP contribution in [0.5, 0.6) is 0 Å². The number of aromatic nitrogens is 1. The maximum absolute atomic E-state index is 6.04. The Balaban J connectivity index is 2.41. The van der Waals surface area contributed by atoms with Crippen molar-refractivity contribution in [2.24, 2.45) is 5.73 Å². The second-order valence-corrected chi connectivity index (χ2v) is 5.14. The van der Waals surface area contributed by atoms with Gasteiger partial charge in [-0.1, -0.05) is 0 Å². The summed E-state index contributed by atoms with van der Waals surface area (Å²) >= 11 is 1.62. The standard InChI is InChI=1S/C10H17N3S/c1-6-10-8(13(2)3)4-7(11)5-9(10)14-12-6/h7-8H,4-5,11H2,1-3H3. The summed E-state index contributed by atoms with van der Waals surface area (Å²) in [6.07, 6.45) is 2.06. The Labute approximate surface area is 89.1 Å². The Kier molecular flexibility index (Phi) is 2.60. The molecule has 0 bridgehead atoms. The monoisotopic (exact) mass is 211 g/mol. The fourth-order valence-electron chi connectivity index (χ4n) is 2.19. The average molecular weight is 211 g/mol. The van der Waals surface area contributed by atoms with Crippen LogP contribution in [0.4, 0.5) is 0 Å². The molecule has 78 valence electrons. The molecule has 1 aliphatic carbocycles. The van der Waals surface area contributed by atoms with Gasteiger partial charge in [0.15, 0.2) is 0 Å². The summed E-state index contributed by atoms with van der Waals surface area (Å²) in [5.41, 5.74) is 8.66. The second-order valence-electron chi connectivity index (χ2n) is 4.28. The van der Waals surface area contributed by atoms with Crippen molar-refractivity contribution >= 4 is 11.5 Å². The van der Waals surface area contributed by atoms with Crippen LogP contribution in [0.25, 0.3) is 0 Å². The molecule has 0 spiro atoms. The van der Waals surface area contributed by atoms with Crippen molar-refractivity contribution < 1.29 is 0 Å². The van der Waals surface area contributed by atoms with Gasteiger partial charge < -0.3 is 10.6 Å². The first kappa shape index (κ1) is 10.1. The predicted molar refractivity (Wildman–Crippen MR) is 59.6 cm³/mol. The number of nitrogens with two attached hydrogens (primary N) is 1. The van der Waals surface area contributed by atoms with E-state index in [1.165, 1.54) is 16.1 Å². The molecule has 1 heterocycles. The van der Waals surface area contributed by atoms with Crippen molar-refractivity contribution in [3.63, 3.8) is 0 Å². The first-order chi connectivity index (χ1) is 6.59. The van der Waals surface area contributed by atoms with Crippen LogP contribution >= 0.6 is 11.5 Å². The first-order valence-corrected chi connectivity index (χ1v) is 5.74. The molecular formula is C10H17N3S. The molecule has 4 heteroatoms. The number of hydrogen-bond donors (Lipinski definition) is 1. The molecule has 2 atom stereocenters. The van der Waals surface area contributed by atoms with Crippen LogP contribution in [0.2, 0.25) is 0 Å². The molecule has 0 saturated carbocycles. The molecule has 2 unspecified atom stereocenters. The molecule has 14 heavy (non-hydrogen) atoms. The van der Waals surface area contributed by atoms with Crippen LogP contribution in [0.15, 0.2) is 0 Å². The minimum Gasteiger partial charge on any atom is -0.327 e. The third-order valence-electron chi connectivity index (χ3n) is 2.91. The Morgan fingerprint density at radius 1 is 1.50 bits per heavy atom. The van der Waals surface area contributed by atoms with E-state index in [1.54, 1.807) is 11.5 Å². The molecule has 0 saturated heterocycles. The van der Waals surface area contributed by atoms with E-state index in [-0.39, 0.29) is 0 Å². The Bertz CT molecular complexity index is 332. The van der Waals surface area contributed by atoms with E-state index in [1.807, 2.05) is 0 Å². The van der Waals surface area contributed by atoms with Gasteiger partial charge in [0.1, 0.15) is 0 Å². The van der Waals surface area contributed by atoms with E-state index in [0.29, 0.717) is 12.1 Å². The van der Waals surface area contributed by atoms with Crippen LogP contribution in [0.1, 0.15) is 28.6 Å². The highest BCUT2D eigenvalue weighted by Gasteiger charge is 2.29. The maximum atomic E-state index is 6.04. The van der Waals surface area contributed by atoms with Crippen molar-refractivity contribution in [3.05, 3.63) is 16.1 Å². The lowest BCUT2D eigenvalue weighted by Gasteiger charge is -2.32. The number of aryl methyl sites for hydroxylation is 1. The molecule has 0 radical (unpaired) electrons. The van der Waals surface area contributed by atoms with Gasteiger partial charge in [0.2, 0.25) is 0 Å². The van der Waals surface area contributed by atoms with Gasteiger partial charge in [0, 0.05) is 22.5 Å². The Hall–Kier alpha value is -0.450. The fourth-order valence-corrected chi connectivity index (χ4v) is 3.21. The van der Waals surface area contributed by atoms with Crippen molar-refractivity contribution in [3.8, 4) is 0 Å². The highest BCUT2D eigenvalue weighted by atomic mass is 32.1. The van der Waals surface area contributed by atoms with Gasteiger partial charge in [-0.25, -0.2) is 0 Å². The van der Waals surface area contributed by atoms with Crippen molar-refractivity contribution in [2.45, 2.75) is 31.8 Å². The largest absolute Gasteiger partial charge is 0.327 e. The quantitative estimate of drug-likeness (QED) is 0.762. The molecule has 2 rings (SSSR count). The van der Waals surface area contributed by atoms with Crippen LogP contribution in [0.3, 0.4) is 0 Å². The summed E-state index contributed by atoms with van der Waals surface area (Å²) in [7, 11) is 4.23. The third-order valence-corrected chi connectivity index (χ3v) is 3.89. The first-order valence-electron chi connectivity index (χ1n) is 4.96. The number of rotatable bonds is 1. The number of nitrogens with zero attached hydrogens (tertiary/aromatic N) is 2. The predicted octanol–water partition coefficient (Wildman–Crippen LogP) is 1.33. The van der Waals surface area contributed by atoms with Gasteiger partial charge in [0.05, 0.1) is 5.69 Å². The highest BCUT2D eigenvalue weighted by molar-refractivity contribution is 7.06. The smallest absolute Gasteiger partial charge is 0.0562 e. The lowest BCUT2D eigenvalue weighted by atomic mass is 9.88. The fraction of sp³-hybridized carbons (Fsp3) is 0.700. The van der Waals surface area contributed by atoms with Gasteiger partial charge in [-0.15, -0.1) is 0 Å². The highest BCUT2D eigenvalue weighted by Crippen LogP contribution is 2.36. The van der Waals surface area contributed by atoms with Gasteiger partial charge >= 0.3 is 0 Å². The maximum Gasteiger partial charge on any atom is 0.0562 e. The minimum atomic E-state index is 0.301. The van der Waals surface area contributed by atoms with E-state index in [9.17, 15) is 0 Å². The van der Waals surface area contributed by atoms with Crippen LogP contribution in [-0.2, 0) is 6.42 Å². The minimum absolute atomic E-state index is 0.301. The Morgan fingerprint density at radius 3 is 2.86 bits per heavy atom. The SMILES string of the molecule is Cc1nsc2c1C(N(C)C)CC(N)C2. The van der Waals surface area contributed by atoms with Gasteiger partial charge in [-0.05, 0) is 45.4 Å². The average Bonchev–Trinajstić information content (AvgIpc) is 2.46. The molecule has 2 N–H and O–H groups in total. The van der Waals surface area contributed by atoms with Crippen molar-refractivity contribution in [1.82, 2.24) is 9.27 Å². The zero-order chi connectivity index (χ0) is 10.3. The third kappa shape index (κ3) is 1.58. The molecule has 0 aliphatic heterocycles. The van der Waals surface area contributed by atoms with Gasteiger partial charge in [-0.3, -0.25) is 0 Å². The summed E-state index contributed by atoms with van der Waals surface area (Å²) < 4.78 is 4.42.